The van der Waals surface area contributed by atoms with Crippen LogP contribution >= 0.6 is 11.8 Å². The molecule has 1 aliphatic rings. The molecule has 0 heterocycles. The Bertz CT molecular complexity index is 686. The Morgan fingerprint density at radius 1 is 1.40 bits per heavy atom. The minimum Gasteiger partial charge on any atom is -0.481 e. The number of hydrogen-bond acceptors (Lipinski definition) is 5. The molecule has 2 rings (SSSR count). The van der Waals surface area contributed by atoms with Crippen LogP contribution in [-0.4, -0.2) is 34.2 Å². The maximum Gasteiger partial charge on any atom is 0.311 e. The summed E-state index contributed by atoms with van der Waals surface area (Å²) in [5, 5.41) is 23.0. The predicted molar refractivity (Wildman–Crippen MR) is 94.9 cm³/mol. The van der Waals surface area contributed by atoms with Crippen molar-refractivity contribution >= 4 is 29.3 Å². The lowest BCUT2D eigenvalue weighted by atomic mass is 10.1. The number of carboxylic acid groups (broad SMARTS) is 1. The van der Waals surface area contributed by atoms with Gasteiger partial charge in [-0.2, -0.15) is 0 Å². The number of thioether (sulfide) groups is 1. The molecular weight excluding hydrogens is 344 g/mol. The number of aliphatic carboxylic acids is 1. The van der Waals surface area contributed by atoms with E-state index in [0.29, 0.717) is 23.7 Å². The summed E-state index contributed by atoms with van der Waals surface area (Å²) in [7, 11) is 0. The lowest BCUT2D eigenvalue weighted by molar-refractivity contribution is -0.387. The van der Waals surface area contributed by atoms with E-state index in [-0.39, 0.29) is 17.8 Å². The number of nitro groups is 1. The lowest BCUT2D eigenvalue weighted by Crippen LogP contribution is -2.34. The van der Waals surface area contributed by atoms with Crippen LogP contribution in [0.5, 0.6) is 0 Å². The molecule has 0 saturated heterocycles. The Morgan fingerprint density at radius 2 is 2.08 bits per heavy atom. The molecule has 1 aliphatic carbocycles. The van der Waals surface area contributed by atoms with Crippen LogP contribution in [-0.2, 0) is 4.79 Å². The zero-order valence-corrected chi connectivity index (χ0v) is 15.1. The molecule has 0 aromatic heterocycles. The van der Waals surface area contributed by atoms with Crippen molar-refractivity contribution in [3.63, 3.8) is 0 Å². The van der Waals surface area contributed by atoms with E-state index in [1.54, 1.807) is 12.1 Å². The number of benzene rings is 1. The van der Waals surface area contributed by atoms with Crippen molar-refractivity contribution in [1.82, 2.24) is 5.32 Å². The van der Waals surface area contributed by atoms with Gasteiger partial charge in [0.15, 0.2) is 0 Å². The van der Waals surface area contributed by atoms with Gasteiger partial charge < -0.3 is 10.4 Å². The number of rotatable bonds is 9. The first-order valence-electron chi connectivity index (χ1n) is 8.18. The number of carboxylic acids is 1. The van der Waals surface area contributed by atoms with Crippen LogP contribution in [0, 0.1) is 21.4 Å². The zero-order valence-electron chi connectivity index (χ0n) is 14.3. The van der Waals surface area contributed by atoms with E-state index < -0.39 is 22.2 Å². The Kier molecular flexibility index (Phi) is 6.05. The highest BCUT2D eigenvalue weighted by Crippen LogP contribution is 2.45. The maximum absolute atomic E-state index is 12.2. The monoisotopic (exact) mass is 366 g/mol. The van der Waals surface area contributed by atoms with Gasteiger partial charge in [0.2, 0.25) is 0 Å². The summed E-state index contributed by atoms with van der Waals surface area (Å²) in [4.78, 5) is 34.7. The van der Waals surface area contributed by atoms with Crippen LogP contribution in [0.1, 0.15) is 43.5 Å². The normalized spacial score (nSPS) is 15.0. The molecule has 25 heavy (non-hydrogen) atoms. The third-order valence-corrected chi connectivity index (χ3v) is 5.36. The number of nitro benzene ring substituents is 1. The average molecular weight is 366 g/mol. The average Bonchev–Trinajstić information content (AvgIpc) is 3.33. The summed E-state index contributed by atoms with van der Waals surface area (Å²) in [5.74, 6) is -0.129. The van der Waals surface area contributed by atoms with Crippen molar-refractivity contribution in [1.29, 1.82) is 0 Å². The summed E-state index contributed by atoms with van der Waals surface area (Å²) in [6.07, 6.45) is 2.02. The van der Waals surface area contributed by atoms with Crippen molar-refractivity contribution < 1.29 is 19.6 Å². The van der Waals surface area contributed by atoms with E-state index in [0.717, 1.165) is 12.2 Å². The van der Waals surface area contributed by atoms with Crippen molar-refractivity contribution in [3.05, 3.63) is 33.9 Å². The molecule has 7 nitrogen and oxygen atoms in total. The number of hydrogen-bond donors (Lipinski definition) is 2. The van der Waals surface area contributed by atoms with Gasteiger partial charge in [-0.25, -0.2) is 0 Å². The van der Waals surface area contributed by atoms with Gasteiger partial charge in [0.1, 0.15) is 0 Å². The van der Waals surface area contributed by atoms with Gasteiger partial charge in [0, 0.05) is 18.2 Å². The smallest absolute Gasteiger partial charge is 0.311 e. The largest absolute Gasteiger partial charge is 0.481 e. The molecule has 1 fully saturated rings. The van der Waals surface area contributed by atoms with Gasteiger partial charge in [-0.3, -0.25) is 19.7 Å². The van der Waals surface area contributed by atoms with Crippen LogP contribution in [0.3, 0.4) is 0 Å². The summed E-state index contributed by atoms with van der Waals surface area (Å²) in [6, 6.07) is 4.38. The summed E-state index contributed by atoms with van der Waals surface area (Å²) in [5.41, 5.74) is -0.796. The third kappa shape index (κ3) is 4.94. The zero-order chi connectivity index (χ0) is 18.6. The van der Waals surface area contributed by atoms with Crippen molar-refractivity contribution in [2.75, 3.05) is 12.3 Å². The highest BCUT2D eigenvalue weighted by atomic mass is 32.2. The fraction of sp³-hybridized carbons (Fsp3) is 0.529. The molecular formula is C17H22N2O5S. The fourth-order valence-corrected chi connectivity index (χ4v) is 3.55. The molecule has 0 aliphatic heterocycles. The maximum atomic E-state index is 12.2. The van der Waals surface area contributed by atoms with Gasteiger partial charge in [-0.15, -0.1) is 11.8 Å². The third-order valence-electron chi connectivity index (χ3n) is 4.27. The van der Waals surface area contributed by atoms with E-state index in [1.165, 1.54) is 17.8 Å². The second-order valence-electron chi connectivity index (χ2n) is 6.74. The van der Waals surface area contributed by atoms with Gasteiger partial charge in [-0.1, -0.05) is 13.8 Å². The molecule has 8 heteroatoms. The van der Waals surface area contributed by atoms with Crippen LogP contribution in [0.25, 0.3) is 0 Å². The minimum atomic E-state index is -0.921. The van der Waals surface area contributed by atoms with Gasteiger partial charge >= 0.3 is 5.97 Å². The predicted octanol–water partition coefficient (Wildman–Crippen LogP) is 3.33. The second kappa shape index (κ2) is 7.86. The van der Waals surface area contributed by atoms with E-state index in [9.17, 15) is 19.7 Å². The number of amides is 1. The van der Waals surface area contributed by atoms with Crippen molar-refractivity contribution in [3.8, 4) is 0 Å². The Hall–Kier alpha value is -2.09. The van der Waals surface area contributed by atoms with E-state index in [1.807, 2.05) is 0 Å². The first-order chi connectivity index (χ1) is 11.7. The number of carbonyl (C=O) groups is 2. The first-order valence-corrected chi connectivity index (χ1v) is 9.16. The molecule has 0 atom stereocenters. The molecule has 136 valence electrons. The van der Waals surface area contributed by atoms with Crippen LogP contribution < -0.4 is 5.32 Å². The topological polar surface area (TPSA) is 110 Å². The van der Waals surface area contributed by atoms with Crippen LogP contribution in [0.4, 0.5) is 5.69 Å². The molecule has 0 bridgehead atoms. The molecule has 0 unspecified atom stereocenters. The van der Waals surface area contributed by atoms with Gasteiger partial charge in [0.25, 0.3) is 11.6 Å². The molecule has 2 N–H and O–H groups in total. The Labute approximate surface area is 150 Å². The fourth-order valence-electron chi connectivity index (χ4n) is 2.30. The molecule has 1 saturated carbocycles. The number of nitrogens with one attached hydrogen (secondary N) is 1. The molecule has 0 spiro atoms. The number of nitrogens with zero attached hydrogens (tertiary/aromatic N) is 1. The standard InChI is InChI=1S/C17H22N2O5S/c1-11(2)5-8-25-14-4-3-12(9-13(14)19(23)24)15(20)18-10-17(6-7-17)16(21)22/h3-4,9,11H,5-8,10H2,1-2H3,(H,18,20)(H,21,22). The summed E-state index contributed by atoms with van der Waals surface area (Å²) >= 11 is 1.40. The second-order valence-corrected chi connectivity index (χ2v) is 7.88. The lowest BCUT2D eigenvalue weighted by Gasteiger charge is -2.11. The highest BCUT2D eigenvalue weighted by molar-refractivity contribution is 7.99. The van der Waals surface area contributed by atoms with Gasteiger partial charge in [0.05, 0.1) is 15.2 Å². The van der Waals surface area contributed by atoms with Crippen LogP contribution in [0.15, 0.2) is 23.1 Å². The molecule has 0 radical (unpaired) electrons. The van der Waals surface area contributed by atoms with Crippen molar-refractivity contribution in [2.24, 2.45) is 11.3 Å². The van der Waals surface area contributed by atoms with Crippen molar-refractivity contribution in [2.45, 2.75) is 38.0 Å². The molecule has 1 amide bonds. The molecule has 1 aromatic carbocycles. The van der Waals surface area contributed by atoms with E-state index >= 15 is 0 Å². The first kappa shape index (κ1) is 19.2. The highest BCUT2D eigenvalue weighted by Gasteiger charge is 2.50. The Balaban J connectivity index is 2.05. The van der Waals surface area contributed by atoms with Crippen LogP contribution in [0.2, 0.25) is 0 Å². The Morgan fingerprint density at radius 3 is 2.60 bits per heavy atom. The summed E-state index contributed by atoms with van der Waals surface area (Å²) in [6.45, 7) is 4.22. The molecule has 1 aromatic rings. The summed E-state index contributed by atoms with van der Waals surface area (Å²) < 4.78 is 0. The van der Waals surface area contributed by atoms with E-state index in [2.05, 4.69) is 19.2 Å². The number of carbonyl (C=O) groups excluding carboxylic acids is 1. The minimum absolute atomic E-state index is 0.0415. The van der Waals surface area contributed by atoms with E-state index in [4.69, 9.17) is 5.11 Å². The van der Waals surface area contributed by atoms with Gasteiger partial charge in [-0.05, 0) is 43.1 Å². The quantitative estimate of drug-likeness (QED) is 0.394. The SMILES string of the molecule is CC(C)CCSc1ccc(C(=O)NCC2(C(=O)O)CC2)cc1[N+](=O)[O-].